The van der Waals surface area contributed by atoms with Crippen LogP contribution in [-0.4, -0.2) is 29.4 Å². The Bertz CT molecular complexity index is 851. The van der Waals surface area contributed by atoms with E-state index in [9.17, 15) is 14.7 Å². The molecule has 0 fully saturated rings. The van der Waals surface area contributed by atoms with E-state index in [4.69, 9.17) is 0 Å². The first-order valence-corrected chi connectivity index (χ1v) is 25.4. The van der Waals surface area contributed by atoms with Crippen molar-refractivity contribution < 1.29 is 14.7 Å². The molecule has 330 valence electrons. The van der Waals surface area contributed by atoms with Crippen LogP contribution in [0.15, 0.2) is 24.3 Å². The van der Waals surface area contributed by atoms with Crippen molar-refractivity contribution in [3.63, 3.8) is 0 Å². The van der Waals surface area contributed by atoms with Gasteiger partial charge < -0.3 is 10.4 Å². The van der Waals surface area contributed by atoms with Gasteiger partial charge in [0.05, 0.1) is 12.6 Å². The lowest BCUT2D eigenvalue weighted by Gasteiger charge is -2.16. The number of hydrogen-bond donors (Lipinski definition) is 2. The van der Waals surface area contributed by atoms with E-state index in [1.54, 1.807) is 0 Å². The predicted molar refractivity (Wildman–Crippen MR) is 248 cm³/mol. The molecule has 0 aromatic rings. The van der Waals surface area contributed by atoms with Gasteiger partial charge in [0, 0.05) is 19.3 Å². The Morgan fingerprint density at radius 2 is 0.732 bits per heavy atom. The van der Waals surface area contributed by atoms with E-state index in [-0.39, 0.29) is 18.6 Å². The first-order chi connectivity index (χ1) is 27.6. The summed E-state index contributed by atoms with van der Waals surface area (Å²) in [6, 6.07) is -0.0696. The molecule has 0 aromatic heterocycles. The van der Waals surface area contributed by atoms with Gasteiger partial charge in [-0.25, -0.2) is 0 Å². The zero-order valence-corrected chi connectivity index (χ0v) is 38.1. The van der Waals surface area contributed by atoms with Crippen LogP contribution in [0.2, 0.25) is 0 Å². The predicted octanol–water partition coefficient (Wildman–Crippen LogP) is 16.6. The summed E-state index contributed by atoms with van der Waals surface area (Å²) in [5, 5.41) is 12.8. The highest BCUT2D eigenvalue weighted by molar-refractivity contribution is 5.78. The lowest BCUT2D eigenvalue weighted by molar-refractivity contribution is -0.122. The minimum absolute atomic E-state index is 0.0581. The number of rotatable bonds is 47. The number of aliphatic hydroxyl groups excluding tert-OH is 1. The second-order valence-corrected chi connectivity index (χ2v) is 17.4. The van der Waals surface area contributed by atoms with Gasteiger partial charge in [0.15, 0.2) is 0 Å². The summed E-state index contributed by atoms with van der Waals surface area (Å²) in [6.07, 6.45) is 61.1. The first kappa shape index (κ1) is 54.6. The quantitative estimate of drug-likeness (QED) is 0.0477. The Labute approximate surface area is 351 Å². The van der Waals surface area contributed by atoms with Gasteiger partial charge >= 0.3 is 0 Å². The molecule has 1 atom stereocenters. The number of allylic oxidation sites excluding steroid dienone is 4. The molecule has 0 aliphatic heterocycles. The summed E-state index contributed by atoms with van der Waals surface area (Å²) in [6.45, 7) is 4.60. The monoisotopic (exact) mass is 786 g/mol. The van der Waals surface area contributed by atoms with Crippen LogP contribution in [0.4, 0.5) is 0 Å². The van der Waals surface area contributed by atoms with Gasteiger partial charge in [-0.3, -0.25) is 9.59 Å². The molecular weight excluding hydrogens is 687 g/mol. The number of amides is 1. The molecule has 0 saturated heterocycles. The number of aliphatic hydroxyl groups is 1. The van der Waals surface area contributed by atoms with Crippen LogP contribution in [0.5, 0.6) is 0 Å². The van der Waals surface area contributed by atoms with Gasteiger partial charge in [-0.05, 0) is 57.8 Å². The second kappa shape index (κ2) is 48.0. The number of hydrogen-bond acceptors (Lipinski definition) is 3. The Kier molecular flexibility index (Phi) is 46.7. The molecule has 2 N–H and O–H groups in total. The standard InChI is InChI=1S/C52H99NO3/c1-3-5-7-9-11-13-15-17-19-22-26-30-34-38-42-46-51(55)47-43-39-35-31-27-23-20-24-28-32-36-40-44-48-52(56)53-50(49-54)45-41-37-33-29-25-21-18-16-14-12-10-8-6-4-2/h11,13,17,19,50,54H,3-10,12,14-16,18,20-49H2,1-2H3,(H,53,56)/t50-/m0/s1. The van der Waals surface area contributed by atoms with Gasteiger partial charge in [0.1, 0.15) is 5.78 Å². The highest BCUT2D eigenvalue weighted by atomic mass is 16.3. The van der Waals surface area contributed by atoms with Crippen LogP contribution >= 0.6 is 0 Å². The molecule has 0 aromatic carbocycles. The van der Waals surface area contributed by atoms with Crippen LogP contribution in [0, 0.1) is 0 Å². The summed E-state index contributed by atoms with van der Waals surface area (Å²) < 4.78 is 0. The summed E-state index contributed by atoms with van der Waals surface area (Å²) in [5.41, 5.74) is 0. The molecule has 0 saturated carbocycles. The smallest absolute Gasteiger partial charge is 0.220 e. The number of ketones is 1. The van der Waals surface area contributed by atoms with E-state index in [0.29, 0.717) is 12.2 Å². The molecule has 4 heteroatoms. The SMILES string of the molecule is CCCCCC=CCC=CCCCCCCCC(=O)CCCCCCCCCCCCCCCC(=O)N[C@H](CO)CCCCCCCCCCCCCCCC. The maximum absolute atomic E-state index is 12.4. The molecule has 0 rings (SSSR count). The van der Waals surface area contributed by atoms with E-state index < -0.39 is 0 Å². The van der Waals surface area contributed by atoms with Crippen molar-refractivity contribution in [3.8, 4) is 0 Å². The highest BCUT2D eigenvalue weighted by Gasteiger charge is 2.11. The number of carbonyl (C=O) groups excluding carboxylic acids is 2. The van der Waals surface area contributed by atoms with Gasteiger partial charge in [0.25, 0.3) is 0 Å². The third kappa shape index (κ3) is 45.3. The largest absolute Gasteiger partial charge is 0.394 e. The molecule has 0 unspecified atom stereocenters. The average Bonchev–Trinajstić information content (AvgIpc) is 3.20. The van der Waals surface area contributed by atoms with E-state index >= 15 is 0 Å². The fourth-order valence-corrected chi connectivity index (χ4v) is 7.91. The third-order valence-corrected chi connectivity index (χ3v) is 11.8. The van der Waals surface area contributed by atoms with Crippen molar-refractivity contribution >= 4 is 11.7 Å². The topological polar surface area (TPSA) is 66.4 Å². The number of nitrogens with one attached hydrogen (secondary N) is 1. The average molecular weight is 786 g/mol. The highest BCUT2D eigenvalue weighted by Crippen LogP contribution is 2.16. The molecular formula is C52H99NO3. The van der Waals surface area contributed by atoms with Crippen molar-refractivity contribution in [2.24, 2.45) is 0 Å². The summed E-state index contributed by atoms with van der Waals surface area (Å²) in [5.74, 6) is 0.605. The zero-order valence-electron chi connectivity index (χ0n) is 38.1. The maximum atomic E-state index is 12.4. The Morgan fingerprint density at radius 3 is 1.14 bits per heavy atom. The van der Waals surface area contributed by atoms with Crippen LogP contribution in [0.25, 0.3) is 0 Å². The molecule has 0 spiro atoms. The molecule has 4 nitrogen and oxygen atoms in total. The Hall–Kier alpha value is -1.42. The minimum atomic E-state index is -0.0696. The van der Waals surface area contributed by atoms with Crippen molar-refractivity contribution in [2.75, 3.05) is 6.61 Å². The van der Waals surface area contributed by atoms with Crippen molar-refractivity contribution in [2.45, 2.75) is 290 Å². The van der Waals surface area contributed by atoms with Crippen molar-refractivity contribution in [3.05, 3.63) is 24.3 Å². The lowest BCUT2D eigenvalue weighted by Crippen LogP contribution is -2.37. The van der Waals surface area contributed by atoms with Crippen LogP contribution in [0.3, 0.4) is 0 Å². The fourth-order valence-electron chi connectivity index (χ4n) is 7.91. The van der Waals surface area contributed by atoms with Crippen LogP contribution < -0.4 is 5.32 Å². The second-order valence-electron chi connectivity index (χ2n) is 17.4. The van der Waals surface area contributed by atoms with Crippen molar-refractivity contribution in [1.29, 1.82) is 0 Å². The van der Waals surface area contributed by atoms with Gasteiger partial charge in [-0.2, -0.15) is 0 Å². The molecule has 0 heterocycles. The zero-order chi connectivity index (χ0) is 40.7. The first-order valence-electron chi connectivity index (χ1n) is 25.4. The molecule has 56 heavy (non-hydrogen) atoms. The third-order valence-electron chi connectivity index (χ3n) is 11.8. The summed E-state index contributed by atoms with van der Waals surface area (Å²) in [4.78, 5) is 24.6. The van der Waals surface area contributed by atoms with Gasteiger partial charge in [-0.15, -0.1) is 0 Å². The Morgan fingerprint density at radius 1 is 0.411 bits per heavy atom. The molecule has 1 amide bonds. The molecule has 0 radical (unpaired) electrons. The van der Waals surface area contributed by atoms with E-state index in [2.05, 4.69) is 43.5 Å². The van der Waals surface area contributed by atoms with E-state index in [1.165, 1.54) is 205 Å². The van der Waals surface area contributed by atoms with E-state index in [1.807, 2.05) is 0 Å². The summed E-state index contributed by atoms with van der Waals surface area (Å²) >= 11 is 0. The number of unbranched alkanes of at least 4 members (excludes halogenated alkanes) is 33. The maximum Gasteiger partial charge on any atom is 0.220 e. The summed E-state index contributed by atoms with van der Waals surface area (Å²) in [7, 11) is 0. The number of Topliss-reactive ketones (excluding diaryl/α,β-unsaturated/α-hetero) is 1. The van der Waals surface area contributed by atoms with Crippen molar-refractivity contribution in [1.82, 2.24) is 5.32 Å². The van der Waals surface area contributed by atoms with Gasteiger partial charge in [-0.1, -0.05) is 231 Å². The van der Waals surface area contributed by atoms with Crippen LogP contribution in [-0.2, 0) is 9.59 Å². The fraction of sp³-hybridized carbons (Fsp3) is 0.885. The lowest BCUT2D eigenvalue weighted by atomic mass is 10.0. The minimum Gasteiger partial charge on any atom is -0.394 e. The molecule has 0 aliphatic carbocycles. The van der Waals surface area contributed by atoms with Gasteiger partial charge in [0.2, 0.25) is 5.91 Å². The normalized spacial score (nSPS) is 12.3. The Balaban J connectivity index is 3.39. The number of carbonyl (C=O) groups is 2. The van der Waals surface area contributed by atoms with E-state index in [0.717, 1.165) is 57.8 Å². The molecule has 0 aliphatic rings. The van der Waals surface area contributed by atoms with Crippen LogP contribution in [0.1, 0.15) is 284 Å². The molecule has 0 bridgehead atoms.